The molecule has 9 heteroatoms. The van der Waals surface area contributed by atoms with Crippen molar-refractivity contribution < 1.29 is 32.4 Å². The molecule has 0 fully saturated rings. The van der Waals surface area contributed by atoms with E-state index in [9.17, 15) is 22.8 Å². The van der Waals surface area contributed by atoms with Gasteiger partial charge < -0.3 is 20.3 Å². The van der Waals surface area contributed by atoms with Crippen LogP contribution in [0.25, 0.3) is 0 Å². The van der Waals surface area contributed by atoms with E-state index in [0.717, 1.165) is 17.0 Å². The first-order valence-corrected chi connectivity index (χ1v) is 8.18. The molecule has 6 nitrogen and oxygen atoms in total. The molecule has 0 aliphatic rings. The van der Waals surface area contributed by atoms with E-state index in [1.54, 1.807) is 0 Å². The van der Waals surface area contributed by atoms with Gasteiger partial charge in [0.25, 0.3) is 11.8 Å². The second-order valence-corrected chi connectivity index (χ2v) is 6.88. The molecule has 0 heterocycles. The van der Waals surface area contributed by atoms with E-state index in [1.807, 2.05) is 27.7 Å². The highest BCUT2D eigenvalue weighted by atomic mass is 19.4. The fourth-order valence-corrected chi connectivity index (χ4v) is 2.17. The van der Waals surface area contributed by atoms with Crippen LogP contribution in [0.3, 0.4) is 0 Å². The summed E-state index contributed by atoms with van der Waals surface area (Å²) in [4.78, 5) is 24.8. The number of carbonyl (C=O) groups excluding carboxylic acids is 2. The zero-order chi connectivity index (χ0) is 20.0. The van der Waals surface area contributed by atoms with Gasteiger partial charge >= 0.3 is 6.36 Å². The molecule has 0 saturated carbocycles. The van der Waals surface area contributed by atoms with Crippen molar-refractivity contribution in [3.63, 3.8) is 0 Å². The van der Waals surface area contributed by atoms with E-state index < -0.39 is 6.36 Å². The minimum absolute atomic E-state index is 0.0644. The zero-order valence-electron chi connectivity index (χ0n) is 15.3. The van der Waals surface area contributed by atoms with Gasteiger partial charge in [-0.25, -0.2) is 0 Å². The Kier molecular flexibility index (Phi) is 7.43. The third-order valence-electron chi connectivity index (χ3n) is 3.21. The van der Waals surface area contributed by atoms with Crippen LogP contribution in [-0.4, -0.2) is 43.3 Å². The number of ether oxygens (including phenoxy) is 1. The quantitative estimate of drug-likeness (QED) is 0.673. The van der Waals surface area contributed by atoms with Crippen molar-refractivity contribution >= 4 is 17.5 Å². The van der Waals surface area contributed by atoms with Crippen molar-refractivity contribution in [2.45, 2.75) is 39.6 Å². The molecule has 0 radical (unpaired) electrons. The van der Waals surface area contributed by atoms with Crippen LogP contribution in [0.1, 0.15) is 27.7 Å². The van der Waals surface area contributed by atoms with Crippen LogP contribution in [0.4, 0.5) is 18.9 Å². The summed E-state index contributed by atoms with van der Waals surface area (Å²) in [6.07, 6.45) is -4.76. The number of halogens is 3. The third-order valence-corrected chi connectivity index (χ3v) is 3.21. The first-order chi connectivity index (χ1) is 11.9. The molecule has 1 aromatic rings. The Balaban J connectivity index is 2.54. The molecule has 0 aliphatic carbocycles. The molecule has 1 atom stereocenters. The first-order valence-electron chi connectivity index (χ1n) is 8.18. The average molecular weight is 376 g/mol. The van der Waals surface area contributed by atoms with Gasteiger partial charge in [0.2, 0.25) is 0 Å². The summed E-state index contributed by atoms with van der Waals surface area (Å²) >= 11 is 0. The number of hydrogen-bond donors (Lipinski definition) is 3. The van der Waals surface area contributed by atoms with Gasteiger partial charge in [-0.3, -0.25) is 9.59 Å². The Bertz CT molecular complexity index is 610. The lowest BCUT2D eigenvalue weighted by Gasteiger charge is -2.23. The van der Waals surface area contributed by atoms with Crippen LogP contribution in [0.15, 0.2) is 24.3 Å². The smallest absolute Gasteiger partial charge is 0.406 e. The van der Waals surface area contributed by atoms with Crippen molar-refractivity contribution in [3.8, 4) is 5.75 Å². The normalized spacial score (nSPS) is 13.0. The number of hydrogen-bond acceptors (Lipinski definition) is 3. The third kappa shape index (κ3) is 9.26. The molecule has 0 aromatic heterocycles. The molecule has 146 valence electrons. The van der Waals surface area contributed by atoms with Gasteiger partial charge in [-0.05, 0) is 52.0 Å². The predicted octanol–water partition coefficient (Wildman–Crippen LogP) is 1.34. The fraction of sp³-hybridized carbons (Fsp3) is 0.529. The van der Waals surface area contributed by atoms with E-state index >= 15 is 0 Å². The first kappa shape index (κ1) is 21.8. The Labute approximate surface area is 150 Å². The van der Waals surface area contributed by atoms with E-state index in [0.29, 0.717) is 12.2 Å². The highest BCUT2D eigenvalue weighted by Crippen LogP contribution is 2.23. The summed E-state index contributed by atoms with van der Waals surface area (Å²) < 4.78 is 40.1. The number of amides is 2. The number of likely N-dealkylation sites (N-methyl/N-ethyl adjacent to an activating group) is 1. The monoisotopic (exact) mass is 376 g/mol. The van der Waals surface area contributed by atoms with Gasteiger partial charge in [0, 0.05) is 11.2 Å². The predicted molar refractivity (Wildman–Crippen MR) is 90.9 cm³/mol. The number of nitrogens with one attached hydrogen (secondary N) is 3. The maximum Gasteiger partial charge on any atom is 0.573 e. The maximum atomic E-state index is 12.1. The second-order valence-electron chi connectivity index (χ2n) is 6.88. The molecular formula is C17H25F3N3O3+. The maximum absolute atomic E-state index is 12.1. The van der Waals surface area contributed by atoms with Crippen molar-refractivity contribution in [3.05, 3.63) is 24.3 Å². The zero-order valence-corrected chi connectivity index (χ0v) is 15.3. The minimum atomic E-state index is -4.76. The summed E-state index contributed by atoms with van der Waals surface area (Å²) in [5.74, 6) is -0.860. The summed E-state index contributed by atoms with van der Waals surface area (Å²) in [5.41, 5.74) is -0.00238. The lowest BCUT2D eigenvalue weighted by molar-refractivity contribution is -0.881. The van der Waals surface area contributed by atoms with Crippen molar-refractivity contribution in [2.75, 3.05) is 25.0 Å². The SMILES string of the molecule is CC[NH+](CC(=O)Nc1ccc(OC(F)(F)F)cc1)CC(=O)NC(C)(C)C. The molecule has 1 rings (SSSR count). The van der Waals surface area contributed by atoms with Crippen LogP contribution in [0, 0.1) is 0 Å². The van der Waals surface area contributed by atoms with Crippen LogP contribution in [-0.2, 0) is 9.59 Å². The molecule has 0 saturated heterocycles. The van der Waals surface area contributed by atoms with Crippen LogP contribution in [0.5, 0.6) is 5.75 Å². The van der Waals surface area contributed by atoms with E-state index in [1.165, 1.54) is 12.1 Å². The largest absolute Gasteiger partial charge is 0.573 e. The number of rotatable bonds is 7. The minimum Gasteiger partial charge on any atom is -0.406 e. The lowest BCUT2D eigenvalue weighted by atomic mass is 10.1. The van der Waals surface area contributed by atoms with Gasteiger partial charge in [0.05, 0.1) is 6.54 Å². The molecule has 0 bridgehead atoms. The standard InChI is InChI=1S/C17H24F3N3O3/c1-5-23(11-15(25)22-16(2,3)4)10-14(24)21-12-6-8-13(9-7-12)26-17(18,19)20/h6-9H,5,10-11H2,1-4H3,(H,21,24)(H,22,25)/p+1. The van der Waals surface area contributed by atoms with Gasteiger partial charge in [0.1, 0.15) is 5.75 Å². The molecular weight excluding hydrogens is 351 g/mol. The summed E-state index contributed by atoms with van der Waals surface area (Å²) in [5, 5.41) is 5.42. The number of carbonyl (C=O) groups is 2. The topological polar surface area (TPSA) is 71.9 Å². The van der Waals surface area contributed by atoms with Crippen molar-refractivity contribution in [1.29, 1.82) is 0 Å². The molecule has 0 spiro atoms. The fourth-order valence-electron chi connectivity index (χ4n) is 2.17. The Morgan fingerprint density at radius 3 is 2.04 bits per heavy atom. The number of benzene rings is 1. The molecule has 0 aliphatic heterocycles. The molecule has 3 N–H and O–H groups in total. The second kappa shape index (κ2) is 8.88. The molecule has 1 unspecified atom stereocenters. The van der Waals surface area contributed by atoms with E-state index in [2.05, 4.69) is 15.4 Å². The molecule has 26 heavy (non-hydrogen) atoms. The van der Waals surface area contributed by atoms with Crippen LogP contribution in [0.2, 0.25) is 0 Å². The Morgan fingerprint density at radius 2 is 1.58 bits per heavy atom. The molecule has 1 aromatic carbocycles. The van der Waals surface area contributed by atoms with Crippen LogP contribution < -0.4 is 20.3 Å². The Morgan fingerprint density at radius 1 is 1.04 bits per heavy atom. The van der Waals surface area contributed by atoms with Crippen LogP contribution >= 0.6 is 0 Å². The van der Waals surface area contributed by atoms with E-state index in [4.69, 9.17) is 0 Å². The van der Waals surface area contributed by atoms with Gasteiger partial charge in [0.15, 0.2) is 13.1 Å². The average Bonchev–Trinajstić information content (AvgIpc) is 2.45. The van der Waals surface area contributed by atoms with Crippen molar-refractivity contribution in [1.82, 2.24) is 5.32 Å². The summed E-state index contributed by atoms with van der Waals surface area (Å²) in [7, 11) is 0. The molecule has 2 amide bonds. The van der Waals surface area contributed by atoms with Gasteiger partial charge in [-0.2, -0.15) is 0 Å². The number of alkyl halides is 3. The summed E-state index contributed by atoms with van der Waals surface area (Å²) in [6.45, 7) is 8.26. The lowest BCUT2D eigenvalue weighted by Crippen LogP contribution is -3.14. The van der Waals surface area contributed by atoms with Gasteiger partial charge in [-0.15, -0.1) is 13.2 Å². The van der Waals surface area contributed by atoms with E-state index in [-0.39, 0.29) is 36.2 Å². The number of quaternary nitrogens is 1. The number of anilines is 1. The van der Waals surface area contributed by atoms with Crippen molar-refractivity contribution in [2.24, 2.45) is 0 Å². The highest BCUT2D eigenvalue weighted by molar-refractivity contribution is 5.91. The highest BCUT2D eigenvalue weighted by Gasteiger charge is 2.31. The van der Waals surface area contributed by atoms with Gasteiger partial charge in [-0.1, -0.05) is 0 Å². The Hall–Kier alpha value is -2.29. The summed E-state index contributed by atoms with van der Waals surface area (Å²) in [6, 6.07) is 4.86.